The Labute approximate surface area is 103 Å². The molecule has 0 aliphatic heterocycles. The third-order valence-electron chi connectivity index (χ3n) is 1.98. The number of hydrogen-bond acceptors (Lipinski definition) is 4. The van der Waals surface area contributed by atoms with Crippen LogP contribution in [0.2, 0.25) is 0 Å². The van der Waals surface area contributed by atoms with Crippen molar-refractivity contribution < 1.29 is 22.6 Å². The van der Waals surface area contributed by atoms with E-state index in [0.717, 1.165) is 18.8 Å². The maximum atomic E-state index is 11.9. The van der Waals surface area contributed by atoms with Crippen LogP contribution in [0.4, 0.5) is 13.2 Å². The largest absolute Gasteiger partial charge is 0.573 e. The number of halogens is 3. The van der Waals surface area contributed by atoms with E-state index in [1.165, 1.54) is 6.07 Å². The first-order valence-electron chi connectivity index (χ1n) is 5.48. The van der Waals surface area contributed by atoms with Gasteiger partial charge in [0.1, 0.15) is 12.4 Å². The van der Waals surface area contributed by atoms with E-state index in [-0.39, 0.29) is 17.7 Å². The molecular weight excluding hydrogens is 249 g/mol. The van der Waals surface area contributed by atoms with E-state index in [0.29, 0.717) is 6.61 Å². The van der Waals surface area contributed by atoms with Gasteiger partial charge in [-0.25, -0.2) is 4.98 Å². The van der Waals surface area contributed by atoms with Crippen molar-refractivity contribution >= 4 is 0 Å². The Morgan fingerprint density at radius 1 is 1.39 bits per heavy atom. The van der Waals surface area contributed by atoms with Crippen LogP contribution in [0.25, 0.3) is 0 Å². The molecule has 1 aromatic heterocycles. The highest BCUT2D eigenvalue weighted by atomic mass is 19.4. The molecule has 0 radical (unpaired) electrons. The van der Waals surface area contributed by atoms with Gasteiger partial charge in [0.25, 0.3) is 0 Å². The van der Waals surface area contributed by atoms with Crippen molar-refractivity contribution in [1.82, 2.24) is 10.3 Å². The molecular formula is C11H15F3N2O2. The molecule has 0 saturated heterocycles. The second-order valence-corrected chi connectivity index (χ2v) is 3.65. The first kappa shape index (κ1) is 14.6. The van der Waals surface area contributed by atoms with Crippen LogP contribution in [0.5, 0.6) is 11.6 Å². The molecule has 0 spiro atoms. The van der Waals surface area contributed by atoms with Crippen molar-refractivity contribution in [2.75, 3.05) is 13.2 Å². The van der Waals surface area contributed by atoms with Gasteiger partial charge in [0.2, 0.25) is 5.88 Å². The van der Waals surface area contributed by atoms with Gasteiger partial charge in [-0.15, -0.1) is 13.2 Å². The molecule has 0 amide bonds. The van der Waals surface area contributed by atoms with Crippen molar-refractivity contribution in [3.8, 4) is 11.6 Å². The van der Waals surface area contributed by atoms with Gasteiger partial charge in [0.05, 0.1) is 6.20 Å². The lowest BCUT2D eigenvalue weighted by Crippen LogP contribution is -2.31. The number of rotatable bonds is 6. The number of likely N-dealkylation sites (N-methyl/N-ethyl adjacent to an activating group) is 1. The quantitative estimate of drug-likeness (QED) is 0.856. The van der Waals surface area contributed by atoms with Crippen molar-refractivity contribution in [2.24, 2.45) is 0 Å². The van der Waals surface area contributed by atoms with Crippen LogP contribution in [0.1, 0.15) is 13.8 Å². The minimum atomic E-state index is -4.70. The van der Waals surface area contributed by atoms with E-state index >= 15 is 0 Å². The first-order chi connectivity index (χ1) is 8.40. The summed E-state index contributed by atoms with van der Waals surface area (Å²) in [6, 6.07) is 2.64. The molecule has 0 fully saturated rings. The van der Waals surface area contributed by atoms with Gasteiger partial charge < -0.3 is 14.8 Å². The number of ether oxygens (including phenoxy) is 2. The molecule has 7 heteroatoms. The van der Waals surface area contributed by atoms with E-state index in [9.17, 15) is 13.2 Å². The van der Waals surface area contributed by atoms with E-state index in [4.69, 9.17) is 4.74 Å². The van der Waals surface area contributed by atoms with Crippen LogP contribution in [0, 0.1) is 0 Å². The van der Waals surface area contributed by atoms with Crippen molar-refractivity contribution in [2.45, 2.75) is 26.3 Å². The molecule has 0 aliphatic rings. The Balaban J connectivity index is 2.45. The van der Waals surface area contributed by atoms with Crippen LogP contribution in [-0.2, 0) is 0 Å². The van der Waals surface area contributed by atoms with Crippen LogP contribution in [0.15, 0.2) is 18.3 Å². The fourth-order valence-electron chi connectivity index (χ4n) is 1.26. The molecule has 4 nitrogen and oxygen atoms in total. The van der Waals surface area contributed by atoms with Crippen LogP contribution < -0.4 is 14.8 Å². The molecule has 18 heavy (non-hydrogen) atoms. The van der Waals surface area contributed by atoms with Gasteiger partial charge in [-0.3, -0.25) is 0 Å². The average molecular weight is 264 g/mol. The van der Waals surface area contributed by atoms with E-state index < -0.39 is 6.36 Å². The van der Waals surface area contributed by atoms with E-state index in [1.54, 1.807) is 0 Å². The Hall–Kier alpha value is -1.50. The summed E-state index contributed by atoms with van der Waals surface area (Å²) in [5.74, 6) is -0.108. The lowest BCUT2D eigenvalue weighted by Gasteiger charge is -2.13. The Morgan fingerprint density at radius 2 is 2.11 bits per heavy atom. The van der Waals surface area contributed by atoms with Crippen molar-refractivity contribution in [3.63, 3.8) is 0 Å². The lowest BCUT2D eigenvalue weighted by molar-refractivity contribution is -0.274. The molecule has 1 rings (SSSR count). The maximum absolute atomic E-state index is 11.9. The molecule has 102 valence electrons. The zero-order valence-electron chi connectivity index (χ0n) is 10.1. The van der Waals surface area contributed by atoms with Crippen molar-refractivity contribution in [1.29, 1.82) is 0 Å². The molecule has 0 aliphatic carbocycles. The van der Waals surface area contributed by atoms with Crippen LogP contribution in [0.3, 0.4) is 0 Å². The second-order valence-electron chi connectivity index (χ2n) is 3.65. The topological polar surface area (TPSA) is 43.4 Å². The van der Waals surface area contributed by atoms with E-state index in [2.05, 4.69) is 15.0 Å². The van der Waals surface area contributed by atoms with Gasteiger partial charge in [-0.2, -0.15) is 0 Å². The number of nitrogens with one attached hydrogen (secondary N) is 1. The summed E-state index contributed by atoms with van der Waals surface area (Å²) in [5.41, 5.74) is 0. The monoisotopic (exact) mass is 264 g/mol. The van der Waals surface area contributed by atoms with Crippen LogP contribution in [-0.4, -0.2) is 30.5 Å². The smallest absolute Gasteiger partial charge is 0.476 e. The molecule has 1 atom stereocenters. The highest BCUT2D eigenvalue weighted by molar-refractivity contribution is 5.22. The second kappa shape index (κ2) is 6.44. The molecule has 0 unspecified atom stereocenters. The SMILES string of the molecule is CCN[C@@H](C)COc1ccc(OC(F)(F)F)cn1. The zero-order chi connectivity index (χ0) is 13.6. The van der Waals surface area contributed by atoms with Crippen LogP contribution >= 0.6 is 0 Å². The summed E-state index contributed by atoms with van der Waals surface area (Å²) >= 11 is 0. The summed E-state index contributed by atoms with van der Waals surface area (Å²) in [6.07, 6.45) is -3.73. The minimum absolute atomic E-state index is 0.142. The summed E-state index contributed by atoms with van der Waals surface area (Å²) in [7, 11) is 0. The predicted molar refractivity (Wildman–Crippen MR) is 59.6 cm³/mol. The molecule has 1 heterocycles. The number of aromatic nitrogens is 1. The van der Waals surface area contributed by atoms with E-state index in [1.807, 2.05) is 13.8 Å². The lowest BCUT2D eigenvalue weighted by atomic mass is 10.3. The average Bonchev–Trinajstić information content (AvgIpc) is 2.26. The fourth-order valence-corrected chi connectivity index (χ4v) is 1.26. The minimum Gasteiger partial charge on any atom is -0.476 e. The standard InChI is InChI=1S/C11H15F3N2O2/c1-3-15-8(2)7-17-10-5-4-9(6-16-10)18-11(12,13)14/h4-6,8,15H,3,7H2,1-2H3/t8-/m0/s1. The van der Waals surface area contributed by atoms with Gasteiger partial charge in [-0.05, 0) is 19.5 Å². The van der Waals surface area contributed by atoms with Gasteiger partial charge >= 0.3 is 6.36 Å². The first-order valence-corrected chi connectivity index (χ1v) is 5.48. The Bertz CT molecular complexity index is 354. The summed E-state index contributed by atoms with van der Waals surface area (Å²) in [6.45, 7) is 5.11. The van der Waals surface area contributed by atoms with Gasteiger partial charge in [-0.1, -0.05) is 6.92 Å². The molecule has 0 aromatic carbocycles. The summed E-state index contributed by atoms with van der Waals surface area (Å²) in [5, 5.41) is 3.13. The van der Waals surface area contributed by atoms with Gasteiger partial charge in [0.15, 0.2) is 0 Å². The van der Waals surface area contributed by atoms with Crippen molar-refractivity contribution in [3.05, 3.63) is 18.3 Å². The zero-order valence-corrected chi connectivity index (χ0v) is 10.1. The summed E-state index contributed by atoms with van der Waals surface area (Å²) < 4.78 is 44.7. The molecule has 1 aromatic rings. The third kappa shape index (κ3) is 5.72. The number of pyridine rings is 1. The molecule has 0 bridgehead atoms. The number of hydrogen-bond donors (Lipinski definition) is 1. The summed E-state index contributed by atoms with van der Waals surface area (Å²) in [4.78, 5) is 3.72. The number of alkyl halides is 3. The predicted octanol–water partition coefficient (Wildman–Crippen LogP) is 2.36. The molecule has 1 N–H and O–H groups in total. The molecule has 0 saturated carbocycles. The highest BCUT2D eigenvalue weighted by Crippen LogP contribution is 2.22. The highest BCUT2D eigenvalue weighted by Gasteiger charge is 2.31. The maximum Gasteiger partial charge on any atom is 0.573 e. The fraction of sp³-hybridized carbons (Fsp3) is 0.545. The Kier molecular flexibility index (Phi) is 5.21. The Morgan fingerprint density at radius 3 is 2.61 bits per heavy atom. The van der Waals surface area contributed by atoms with Gasteiger partial charge in [0, 0.05) is 12.1 Å². The third-order valence-corrected chi connectivity index (χ3v) is 1.98. The number of nitrogens with zero attached hydrogens (tertiary/aromatic N) is 1. The normalized spacial score (nSPS) is 13.2.